The highest BCUT2D eigenvalue weighted by atomic mass is 32.2. The van der Waals surface area contributed by atoms with Gasteiger partial charge in [0.05, 0.1) is 22.3 Å². The number of hydrogen-bond donors (Lipinski definition) is 1. The van der Waals surface area contributed by atoms with Crippen molar-refractivity contribution in [3.63, 3.8) is 0 Å². The highest BCUT2D eigenvalue weighted by molar-refractivity contribution is 7.92. The summed E-state index contributed by atoms with van der Waals surface area (Å²) in [6.07, 6.45) is 0.512. The van der Waals surface area contributed by atoms with Crippen LogP contribution in [0.3, 0.4) is 0 Å². The second kappa shape index (κ2) is 4.35. The van der Waals surface area contributed by atoms with Gasteiger partial charge in [-0.25, -0.2) is 8.42 Å². The normalized spacial score (nSPS) is 30.1. The third-order valence-corrected chi connectivity index (χ3v) is 5.59. The van der Waals surface area contributed by atoms with Crippen molar-refractivity contribution in [1.82, 2.24) is 0 Å². The van der Waals surface area contributed by atoms with Gasteiger partial charge in [0.15, 0.2) is 9.84 Å². The van der Waals surface area contributed by atoms with Crippen LogP contribution in [0.1, 0.15) is 20.3 Å². The van der Waals surface area contributed by atoms with Crippen LogP contribution in [-0.4, -0.2) is 37.6 Å². The van der Waals surface area contributed by atoms with Gasteiger partial charge in [0.25, 0.3) is 0 Å². The van der Waals surface area contributed by atoms with E-state index in [0.29, 0.717) is 19.6 Å². The van der Waals surface area contributed by atoms with E-state index in [1.54, 1.807) is 6.92 Å². The Kier molecular flexibility index (Phi) is 3.73. The largest absolute Gasteiger partial charge is 0.393 e. The first kappa shape index (κ1) is 12.9. The van der Waals surface area contributed by atoms with Gasteiger partial charge in [-0.05, 0) is 13.3 Å². The minimum Gasteiger partial charge on any atom is -0.393 e. The van der Waals surface area contributed by atoms with Crippen LogP contribution in [0.25, 0.3) is 0 Å². The first-order valence-electron chi connectivity index (χ1n) is 5.00. The van der Waals surface area contributed by atoms with Gasteiger partial charge in [-0.15, -0.1) is 0 Å². The number of thiocarbonyl (C=S) groups is 1. The summed E-state index contributed by atoms with van der Waals surface area (Å²) in [7, 11) is -3.06. The van der Waals surface area contributed by atoms with Crippen molar-refractivity contribution in [3.05, 3.63) is 0 Å². The van der Waals surface area contributed by atoms with E-state index in [4.69, 9.17) is 22.7 Å². The zero-order chi connectivity index (χ0) is 11.7. The predicted molar refractivity (Wildman–Crippen MR) is 63.6 cm³/mol. The van der Waals surface area contributed by atoms with E-state index < -0.39 is 20.5 Å². The third-order valence-electron chi connectivity index (χ3n) is 2.90. The van der Waals surface area contributed by atoms with Crippen LogP contribution in [0.15, 0.2) is 0 Å². The summed E-state index contributed by atoms with van der Waals surface area (Å²) in [5.41, 5.74) is 5.01. The lowest BCUT2D eigenvalue weighted by atomic mass is 10.1. The van der Waals surface area contributed by atoms with E-state index in [9.17, 15) is 8.42 Å². The Hall–Kier alpha value is -0.200. The molecule has 0 spiro atoms. The molecule has 1 aliphatic carbocycles. The van der Waals surface area contributed by atoms with Gasteiger partial charge >= 0.3 is 0 Å². The molecule has 0 aromatic carbocycles. The number of rotatable bonds is 6. The van der Waals surface area contributed by atoms with Gasteiger partial charge in [0.2, 0.25) is 0 Å². The molecule has 1 fully saturated rings. The fourth-order valence-electron chi connectivity index (χ4n) is 1.71. The molecule has 0 heterocycles. The standard InChI is InChI=1S/C9H17NO3S2/c1-3-13-6-9(8(10)14)5-7(9)15(11,12)4-2/h7H,3-6H2,1-2H3,(H2,10,14)/t7-,9-/m0/s1. The molecule has 0 aromatic heterocycles. The zero-order valence-corrected chi connectivity index (χ0v) is 10.7. The SMILES string of the molecule is CCOC[C@@]1(C(N)=S)C[C@@H]1S(=O)(=O)CC. The van der Waals surface area contributed by atoms with Gasteiger partial charge in [0.1, 0.15) is 0 Å². The average molecular weight is 251 g/mol. The molecule has 0 aliphatic heterocycles. The summed E-state index contributed by atoms with van der Waals surface area (Å²) in [6.45, 7) is 4.36. The molecular weight excluding hydrogens is 234 g/mol. The lowest BCUT2D eigenvalue weighted by Crippen LogP contribution is -2.33. The number of sulfone groups is 1. The maximum atomic E-state index is 11.7. The molecule has 0 unspecified atom stereocenters. The second-order valence-electron chi connectivity index (χ2n) is 3.80. The summed E-state index contributed by atoms with van der Waals surface area (Å²) in [5, 5.41) is -0.431. The van der Waals surface area contributed by atoms with Crippen molar-refractivity contribution in [2.75, 3.05) is 19.0 Å². The van der Waals surface area contributed by atoms with E-state index in [0.717, 1.165) is 0 Å². The Morgan fingerprint density at radius 2 is 2.20 bits per heavy atom. The summed E-state index contributed by atoms with van der Waals surface area (Å²) in [6, 6.07) is 0. The predicted octanol–water partition coefficient (Wildman–Crippen LogP) is 0.502. The fourth-order valence-corrected chi connectivity index (χ4v) is 3.91. The van der Waals surface area contributed by atoms with Crippen LogP contribution in [0, 0.1) is 5.41 Å². The maximum Gasteiger partial charge on any atom is 0.153 e. The van der Waals surface area contributed by atoms with Gasteiger partial charge in [-0.2, -0.15) is 0 Å². The smallest absolute Gasteiger partial charge is 0.153 e. The van der Waals surface area contributed by atoms with Crippen LogP contribution in [0.5, 0.6) is 0 Å². The van der Waals surface area contributed by atoms with Crippen molar-refractivity contribution in [3.8, 4) is 0 Å². The average Bonchev–Trinajstić information content (AvgIpc) is 2.91. The minimum absolute atomic E-state index is 0.133. The molecule has 15 heavy (non-hydrogen) atoms. The molecule has 2 N–H and O–H groups in total. The van der Waals surface area contributed by atoms with Gasteiger partial charge in [-0.3, -0.25) is 0 Å². The quantitative estimate of drug-likeness (QED) is 0.696. The van der Waals surface area contributed by atoms with Crippen molar-refractivity contribution < 1.29 is 13.2 Å². The van der Waals surface area contributed by atoms with Crippen LogP contribution in [-0.2, 0) is 14.6 Å². The second-order valence-corrected chi connectivity index (χ2v) is 6.71. The third kappa shape index (κ3) is 2.32. The van der Waals surface area contributed by atoms with Gasteiger partial charge in [-0.1, -0.05) is 19.1 Å². The van der Waals surface area contributed by atoms with E-state index in [2.05, 4.69) is 0 Å². The number of hydrogen-bond acceptors (Lipinski definition) is 4. The van der Waals surface area contributed by atoms with Crippen molar-refractivity contribution in [1.29, 1.82) is 0 Å². The lowest BCUT2D eigenvalue weighted by molar-refractivity contribution is 0.123. The molecule has 1 saturated carbocycles. The van der Waals surface area contributed by atoms with Crippen LogP contribution in [0.4, 0.5) is 0 Å². The first-order chi connectivity index (χ1) is 6.90. The van der Waals surface area contributed by atoms with Gasteiger partial charge in [0, 0.05) is 12.4 Å². The van der Waals surface area contributed by atoms with Crippen molar-refractivity contribution in [2.24, 2.45) is 11.1 Å². The molecule has 2 atom stereocenters. The van der Waals surface area contributed by atoms with Crippen molar-refractivity contribution in [2.45, 2.75) is 25.5 Å². The summed E-state index contributed by atoms with van der Waals surface area (Å²) in [4.78, 5) is 0.262. The fraction of sp³-hybridized carbons (Fsp3) is 0.889. The molecule has 1 aliphatic rings. The highest BCUT2D eigenvalue weighted by Gasteiger charge is 2.62. The maximum absolute atomic E-state index is 11.7. The Labute approximate surface area is 96.1 Å². The topological polar surface area (TPSA) is 69.4 Å². The van der Waals surface area contributed by atoms with E-state index in [1.807, 2.05) is 6.92 Å². The van der Waals surface area contributed by atoms with Crippen LogP contribution >= 0.6 is 12.2 Å². The molecule has 0 saturated heterocycles. The molecule has 88 valence electrons. The first-order valence-corrected chi connectivity index (χ1v) is 7.12. The molecule has 0 bridgehead atoms. The molecule has 6 heteroatoms. The summed E-state index contributed by atoms with van der Waals surface area (Å²) in [5.74, 6) is 0.133. The monoisotopic (exact) mass is 251 g/mol. The molecule has 1 rings (SSSR count). The molecule has 4 nitrogen and oxygen atoms in total. The number of nitrogens with two attached hydrogens (primary N) is 1. The highest BCUT2D eigenvalue weighted by Crippen LogP contribution is 2.51. The van der Waals surface area contributed by atoms with Gasteiger partial charge < -0.3 is 10.5 Å². The van der Waals surface area contributed by atoms with E-state index in [-0.39, 0.29) is 10.7 Å². The molecular formula is C9H17NO3S2. The molecule has 0 amide bonds. The Bertz CT molecular complexity index is 352. The Morgan fingerprint density at radius 1 is 1.60 bits per heavy atom. The molecule has 0 aromatic rings. The van der Waals surface area contributed by atoms with E-state index in [1.165, 1.54) is 0 Å². The van der Waals surface area contributed by atoms with Crippen LogP contribution in [0.2, 0.25) is 0 Å². The van der Waals surface area contributed by atoms with Crippen LogP contribution < -0.4 is 5.73 Å². The summed E-state index contributed by atoms with van der Waals surface area (Å²) >= 11 is 4.93. The zero-order valence-electron chi connectivity index (χ0n) is 9.02. The van der Waals surface area contributed by atoms with Crippen molar-refractivity contribution >= 4 is 27.0 Å². The Morgan fingerprint density at radius 3 is 2.60 bits per heavy atom. The Balaban J connectivity index is 2.79. The number of ether oxygens (including phenoxy) is 1. The molecule has 0 radical (unpaired) electrons. The van der Waals surface area contributed by atoms with E-state index >= 15 is 0 Å². The lowest BCUT2D eigenvalue weighted by Gasteiger charge is -2.15. The minimum atomic E-state index is -3.06. The summed E-state index contributed by atoms with van der Waals surface area (Å²) < 4.78 is 28.6.